The van der Waals surface area contributed by atoms with Gasteiger partial charge in [-0.15, -0.1) is 0 Å². The molecule has 5 heteroatoms. The number of unbranched alkanes of at least 4 members (excludes halogenated alkanes) is 1. The second kappa shape index (κ2) is 7.36. The Morgan fingerprint density at radius 2 is 2.17 bits per heavy atom. The zero-order valence-corrected chi connectivity index (χ0v) is 11.3. The molecule has 2 atom stereocenters. The number of nitrogens with zero attached hydrogens (tertiary/aromatic N) is 1. The molecule has 0 radical (unpaired) electrons. The van der Waals surface area contributed by atoms with Crippen LogP contribution in [0, 0.1) is 5.92 Å². The van der Waals surface area contributed by atoms with E-state index in [1.54, 1.807) is 0 Å². The van der Waals surface area contributed by atoms with Crippen molar-refractivity contribution in [2.24, 2.45) is 5.92 Å². The summed E-state index contributed by atoms with van der Waals surface area (Å²) in [6, 6.07) is 0.164. The molecule has 18 heavy (non-hydrogen) atoms. The average molecular weight is 256 g/mol. The van der Waals surface area contributed by atoms with E-state index in [0.29, 0.717) is 25.9 Å². The normalized spacial score (nSPS) is 24.8. The zero-order valence-electron chi connectivity index (χ0n) is 11.3. The van der Waals surface area contributed by atoms with Crippen LogP contribution in [0.15, 0.2) is 0 Å². The van der Waals surface area contributed by atoms with Crippen molar-refractivity contribution in [1.82, 2.24) is 10.2 Å². The predicted molar refractivity (Wildman–Crippen MR) is 69.3 cm³/mol. The summed E-state index contributed by atoms with van der Waals surface area (Å²) in [6.07, 6.45) is 3.35. The summed E-state index contributed by atoms with van der Waals surface area (Å²) in [5, 5.41) is 11.9. The third-order valence-corrected chi connectivity index (χ3v) is 3.56. The topological polar surface area (TPSA) is 69.6 Å². The van der Waals surface area contributed by atoms with Crippen molar-refractivity contribution in [3.05, 3.63) is 0 Å². The first-order valence-corrected chi connectivity index (χ1v) is 6.78. The van der Waals surface area contributed by atoms with Crippen molar-refractivity contribution in [3.8, 4) is 0 Å². The van der Waals surface area contributed by atoms with E-state index in [2.05, 4.69) is 17.1 Å². The minimum atomic E-state index is -0.714. The largest absolute Gasteiger partial charge is 0.481 e. The molecule has 1 aliphatic heterocycles. The molecule has 5 nitrogen and oxygen atoms in total. The van der Waals surface area contributed by atoms with Gasteiger partial charge in [0.2, 0.25) is 5.91 Å². The van der Waals surface area contributed by atoms with Gasteiger partial charge in [-0.05, 0) is 32.7 Å². The Kier molecular flexibility index (Phi) is 6.12. The molecule has 1 rings (SSSR count). The molecule has 1 fully saturated rings. The minimum Gasteiger partial charge on any atom is -0.481 e. The molecule has 0 aromatic rings. The summed E-state index contributed by atoms with van der Waals surface area (Å²) >= 11 is 0. The third-order valence-electron chi connectivity index (χ3n) is 3.56. The zero-order chi connectivity index (χ0) is 13.5. The van der Waals surface area contributed by atoms with E-state index in [-0.39, 0.29) is 17.9 Å². The van der Waals surface area contributed by atoms with Crippen molar-refractivity contribution in [2.75, 3.05) is 19.6 Å². The number of rotatable bonds is 6. The van der Waals surface area contributed by atoms with Crippen LogP contribution in [0.2, 0.25) is 0 Å². The summed E-state index contributed by atoms with van der Waals surface area (Å²) in [4.78, 5) is 24.7. The van der Waals surface area contributed by atoms with E-state index in [1.165, 1.54) is 0 Å². The van der Waals surface area contributed by atoms with Gasteiger partial charge in [0.1, 0.15) is 0 Å². The molecule has 1 aliphatic rings. The van der Waals surface area contributed by atoms with Gasteiger partial charge in [-0.3, -0.25) is 14.5 Å². The summed E-state index contributed by atoms with van der Waals surface area (Å²) in [5.74, 6) is -0.919. The maximum atomic E-state index is 11.7. The Labute approximate surface area is 109 Å². The number of likely N-dealkylation sites (tertiary alicyclic amines) is 1. The molecule has 1 amide bonds. The van der Waals surface area contributed by atoms with Gasteiger partial charge >= 0.3 is 5.97 Å². The van der Waals surface area contributed by atoms with Crippen molar-refractivity contribution in [1.29, 1.82) is 0 Å². The third kappa shape index (κ3) is 4.64. The van der Waals surface area contributed by atoms with Crippen LogP contribution < -0.4 is 5.32 Å². The lowest BCUT2D eigenvalue weighted by atomic mass is 9.92. The lowest BCUT2D eigenvalue weighted by molar-refractivity contribution is -0.144. The second-order valence-electron chi connectivity index (χ2n) is 5.08. The Hall–Kier alpha value is -1.10. The lowest BCUT2D eigenvalue weighted by Crippen LogP contribution is -2.47. The van der Waals surface area contributed by atoms with Gasteiger partial charge in [0.15, 0.2) is 0 Å². The number of carboxylic acids is 1. The van der Waals surface area contributed by atoms with Gasteiger partial charge in [-0.1, -0.05) is 13.3 Å². The van der Waals surface area contributed by atoms with Gasteiger partial charge in [-0.25, -0.2) is 0 Å². The van der Waals surface area contributed by atoms with Gasteiger partial charge in [-0.2, -0.15) is 0 Å². The van der Waals surface area contributed by atoms with Gasteiger partial charge in [0.05, 0.1) is 12.5 Å². The number of carbonyl (C=O) groups excluding carboxylic acids is 1. The van der Waals surface area contributed by atoms with Crippen LogP contribution in [0.5, 0.6) is 0 Å². The highest BCUT2D eigenvalue weighted by Crippen LogP contribution is 2.22. The highest BCUT2D eigenvalue weighted by molar-refractivity contribution is 5.78. The number of piperidine rings is 1. The van der Waals surface area contributed by atoms with Crippen molar-refractivity contribution < 1.29 is 14.7 Å². The number of carboxylic acid groups (broad SMARTS) is 1. The summed E-state index contributed by atoms with van der Waals surface area (Å²) in [6.45, 7) is 5.89. The van der Waals surface area contributed by atoms with E-state index >= 15 is 0 Å². The van der Waals surface area contributed by atoms with Crippen LogP contribution in [0.25, 0.3) is 0 Å². The molecule has 1 saturated heterocycles. The van der Waals surface area contributed by atoms with E-state index < -0.39 is 5.97 Å². The molecule has 0 aromatic carbocycles. The Morgan fingerprint density at radius 1 is 1.44 bits per heavy atom. The van der Waals surface area contributed by atoms with Gasteiger partial charge in [0.25, 0.3) is 0 Å². The van der Waals surface area contributed by atoms with Crippen LogP contribution in [0.4, 0.5) is 0 Å². The Balaban J connectivity index is 2.31. The standard InChI is InChI=1S/C13H24N2O3/c1-3-4-6-14-12(16)9-15-7-5-11(13(17)18)8-10(15)2/h10-11H,3-9H2,1-2H3,(H,14,16)(H,17,18). The van der Waals surface area contributed by atoms with Gasteiger partial charge in [0, 0.05) is 12.6 Å². The number of hydrogen-bond acceptors (Lipinski definition) is 3. The van der Waals surface area contributed by atoms with Crippen LogP contribution >= 0.6 is 0 Å². The van der Waals surface area contributed by atoms with Crippen LogP contribution in [0.1, 0.15) is 39.5 Å². The molecular formula is C13H24N2O3. The molecule has 0 bridgehead atoms. The molecule has 104 valence electrons. The fourth-order valence-electron chi connectivity index (χ4n) is 2.32. The SMILES string of the molecule is CCCCNC(=O)CN1CCC(C(=O)O)CC1C. The van der Waals surface area contributed by atoms with E-state index in [0.717, 1.165) is 19.4 Å². The molecule has 0 aromatic heterocycles. The van der Waals surface area contributed by atoms with E-state index in [9.17, 15) is 9.59 Å². The number of carbonyl (C=O) groups is 2. The molecule has 1 heterocycles. The molecular weight excluding hydrogens is 232 g/mol. The van der Waals surface area contributed by atoms with Crippen molar-refractivity contribution in [3.63, 3.8) is 0 Å². The molecule has 2 unspecified atom stereocenters. The Bertz CT molecular complexity index is 294. The van der Waals surface area contributed by atoms with Crippen LogP contribution in [-0.2, 0) is 9.59 Å². The summed E-state index contributed by atoms with van der Waals surface area (Å²) in [5.41, 5.74) is 0. The Morgan fingerprint density at radius 3 is 2.72 bits per heavy atom. The predicted octanol–water partition coefficient (Wildman–Crippen LogP) is 1.09. The lowest BCUT2D eigenvalue weighted by Gasteiger charge is -2.35. The van der Waals surface area contributed by atoms with Crippen molar-refractivity contribution in [2.45, 2.75) is 45.6 Å². The fourth-order valence-corrected chi connectivity index (χ4v) is 2.32. The molecule has 0 aliphatic carbocycles. The molecule has 2 N–H and O–H groups in total. The average Bonchev–Trinajstić information content (AvgIpc) is 2.32. The first-order chi connectivity index (χ1) is 8.54. The van der Waals surface area contributed by atoms with Gasteiger partial charge < -0.3 is 10.4 Å². The quantitative estimate of drug-likeness (QED) is 0.698. The number of nitrogens with one attached hydrogen (secondary N) is 1. The summed E-state index contributed by atoms with van der Waals surface area (Å²) in [7, 11) is 0. The number of amides is 1. The maximum Gasteiger partial charge on any atom is 0.306 e. The van der Waals surface area contributed by atoms with E-state index in [1.807, 2.05) is 6.92 Å². The first-order valence-electron chi connectivity index (χ1n) is 6.78. The number of hydrogen-bond donors (Lipinski definition) is 2. The maximum absolute atomic E-state index is 11.7. The summed E-state index contributed by atoms with van der Waals surface area (Å²) < 4.78 is 0. The van der Waals surface area contributed by atoms with Crippen molar-refractivity contribution >= 4 is 11.9 Å². The number of aliphatic carboxylic acids is 1. The van der Waals surface area contributed by atoms with E-state index in [4.69, 9.17) is 5.11 Å². The highest BCUT2D eigenvalue weighted by Gasteiger charge is 2.30. The smallest absolute Gasteiger partial charge is 0.306 e. The molecule has 0 spiro atoms. The first kappa shape index (κ1) is 15.0. The molecule has 0 saturated carbocycles. The minimum absolute atomic E-state index is 0.0454. The van der Waals surface area contributed by atoms with Crippen LogP contribution in [0.3, 0.4) is 0 Å². The second-order valence-corrected chi connectivity index (χ2v) is 5.08. The monoisotopic (exact) mass is 256 g/mol. The fraction of sp³-hybridized carbons (Fsp3) is 0.846. The highest BCUT2D eigenvalue weighted by atomic mass is 16.4. The van der Waals surface area contributed by atoms with Crippen LogP contribution in [-0.4, -0.2) is 47.6 Å².